The van der Waals surface area contributed by atoms with E-state index in [1.165, 1.54) is 0 Å². The number of hydrogen-bond acceptors (Lipinski definition) is 4. The van der Waals surface area contributed by atoms with Crippen molar-refractivity contribution in [1.82, 2.24) is 0 Å². The quantitative estimate of drug-likeness (QED) is 0.605. The lowest BCUT2D eigenvalue weighted by atomic mass is 9.96. The molecule has 1 aliphatic rings. The maximum Gasteiger partial charge on any atom is 0.325 e. The molecule has 0 amide bonds. The van der Waals surface area contributed by atoms with Gasteiger partial charge in [-0.2, -0.15) is 0 Å². The molecular weight excluding hydrogens is 246 g/mol. The van der Waals surface area contributed by atoms with Gasteiger partial charge in [0.05, 0.1) is 18.3 Å². The second-order valence-electron chi connectivity index (χ2n) is 4.12. The highest BCUT2D eigenvalue weighted by atomic mass is 32.5. The van der Waals surface area contributed by atoms with E-state index in [1.807, 2.05) is 6.92 Å². The van der Waals surface area contributed by atoms with E-state index in [9.17, 15) is 4.89 Å². The molecule has 0 aromatic carbocycles. The van der Waals surface area contributed by atoms with Crippen LogP contribution >= 0.6 is 6.72 Å². The summed E-state index contributed by atoms with van der Waals surface area (Å²) in [5.74, 6) is 0. The monoisotopic (exact) mass is 264 g/mol. The fourth-order valence-corrected chi connectivity index (χ4v) is 3.68. The fraction of sp³-hybridized carbons (Fsp3) is 1.00. The van der Waals surface area contributed by atoms with Crippen molar-refractivity contribution in [3.8, 4) is 0 Å². The predicted molar refractivity (Wildman–Crippen MR) is 66.9 cm³/mol. The van der Waals surface area contributed by atoms with Crippen molar-refractivity contribution in [3.63, 3.8) is 0 Å². The van der Waals surface area contributed by atoms with Crippen LogP contribution in [0.3, 0.4) is 0 Å². The van der Waals surface area contributed by atoms with Crippen LogP contribution in [0.5, 0.6) is 0 Å². The van der Waals surface area contributed by atoms with Gasteiger partial charge in [0.15, 0.2) is 0 Å². The Balaban J connectivity index is 2.55. The maximum absolute atomic E-state index is 9.83. The standard InChI is InChI=1S/C9H18BO4PS/c1-4-7-8(5-9(10)12-7)14-15(11,16)13-6(2)3/h6-9H,4-5H2,1-3H3,(H,11,16)/t7-,8?,9-,15?/m1/s1. The van der Waals surface area contributed by atoms with Gasteiger partial charge in [-0.05, 0) is 38.5 Å². The van der Waals surface area contributed by atoms with Crippen molar-refractivity contribution < 1.29 is 18.7 Å². The Morgan fingerprint density at radius 2 is 2.25 bits per heavy atom. The topological polar surface area (TPSA) is 47.9 Å². The molecule has 1 fully saturated rings. The summed E-state index contributed by atoms with van der Waals surface area (Å²) in [6.45, 7) is 2.40. The normalized spacial score (nSPS) is 34.2. The Morgan fingerprint density at radius 1 is 1.62 bits per heavy atom. The molecule has 4 atom stereocenters. The van der Waals surface area contributed by atoms with Crippen LogP contribution in [0.1, 0.15) is 33.6 Å². The molecule has 1 N–H and O–H groups in total. The average Bonchev–Trinajstić information content (AvgIpc) is 2.42. The minimum Gasteiger partial charge on any atom is -0.382 e. The first kappa shape index (κ1) is 14.6. The molecule has 16 heavy (non-hydrogen) atoms. The predicted octanol–water partition coefficient (Wildman–Crippen LogP) is 1.71. The molecule has 1 rings (SSSR count). The van der Waals surface area contributed by atoms with Crippen LogP contribution in [0.15, 0.2) is 0 Å². The maximum atomic E-state index is 9.83. The highest BCUT2D eigenvalue weighted by molar-refractivity contribution is 8.07. The Morgan fingerprint density at radius 3 is 2.75 bits per heavy atom. The smallest absolute Gasteiger partial charge is 0.325 e. The molecule has 1 aliphatic heterocycles. The minimum absolute atomic E-state index is 0.111. The second kappa shape index (κ2) is 5.94. The lowest BCUT2D eigenvalue weighted by Crippen LogP contribution is -2.23. The lowest BCUT2D eigenvalue weighted by Gasteiger charge is -2.24. The van der Waals surface area contributed by atoms with Crippen molar-refractivity contribution in [2.24, 2.45) is 0 Å². The van der Waals surface area contributed by atoms with Gasteiger partial charge in [0.25, 0.3) is 0 Å². The zero-order valence-electron chi connectivity index (χ0n) is 9.83. The summed E-state index contributed by atoms with van der Waals surface area (Å²) in [4.78, 5) is 9.83. The van der Waals surface area contributed by atoms with Crippen LogP contribution in [0.4, 0.5) is 0 Å². The molecule has 1 saturated heterocycles. The Labute approximate surface area is 103 Å². The van der Waals surface area contributed by atoms with Gasteiger partial charge in [0, 0.05) is 6.00 Å². The third kappa shape index (κ3) is 4.44. The Kier molecular flexibility index (Phi) is 5.43. The van der Waals surface area contributed by atoms with E-state index < -0.39 is 6.72 Å². The SMILES string of the molecule is [B][C@H]1CC(OP(O)(=S)OC(C)C)[C@@H](CC)O1. The summed E-state index contributed by atoms with van der Waals surface area (Å²) in [5, 5.41) is 0. The van der Waals surface area contributed by atoms with Gasteiger partial charge in [-0.3, -0.25) is 0 Å². The first-order chi connectivity index (χ1) is 7.34. The Hall–Kier alpha value is 0.555. The number of hydrogen-bond donors (Lipinski definition) is 1. The molecule has 0 aromatic rings. The van der Waals surface area contributed by atoms with E-state index in [2.05, 4.69) is 0 Å². The van der Waals surface area contributed by atoms with Crippen LogP contribution in [0.25, 0.3) is 0 Å². The summed E-state index contributed by atoms with van der Waals surface area (Å²) in [6.07, 6.45) is 0.774. The summed E-state index contributed by atoms with van der Waals surface area (Å²) in [7, 11) is 5.66. The van der Waals surface area contributed by atoms with Gasteiger partial charge in [-0.25, -0.2) is 0 Å². The molecule has 2 unspecified atom stereocenters. The van der Waals surface area contributed by atoms with Crippen LogP contribution in [0.2, 0.25) is 0 Å². The van der Waals surface area contributed by atoms with Crippen LogP contribution in [-0.2, 0) is 25.6 Å². The van der Waals surface area contributed by atoms with Crippen molar-refractivity contribution in [2.45, 2.75) is 57.9 Å². The zero-order chi connectivity index (χ0) is 12.3. The first-order valence-electron chi connectivity index (χ1n) is 5.44. The van der Waals surface area contributed by atoms with Crippen LogP contribution in [-0.4, -0.2) is 37.1 Å². The molecule has 0 bridgehead atoms. The fourth-order valence-electron chi connectivity index (χ4n) is 1.68. The average molecular weight is 264 g/mol. The van der Waals surface area contributed by atoms with E-state index in [-0.39, 0.29) is 24.3 Å². The van der Waals surface area contributed by atoms with Crippen LogP contribution in [0, 0.1) is 0 Å². The van der Waals surface area contributed by atoms with E-state index in [0.717, 1.165) is 6.42 Å². The third-order valence-corrected chi connectivity index (χ3v) is 3.99. The van der Waals surface area contributed by atoms with Gasteiger partial charge in [0.2, 0.25) is 0 Å². The molecule has 92 valence electrons. The van der Waals surface area contributed by atoms with Crippen LogP contribution < -0.4 is 0 Å². The largest absolute Gasteiger partial charge is 0.382 e. The van der Waals surface area contributed by atoms with Gasteiger partial charge in [-0.15, -0.1) is 0 Å². The van der Waals surface area contributed by atoms with Crippen molar-refractivity contribution in [3.05, 3.63) is 0 Å². The minimum atomic E-state index is -3.18. The van der Waals surface area contributed by atoms with Gasteiger partial charge in [0.1, 0.15) is 7.85 Å². The van der Waals surface area contributed by atoms with E-state index in [0.29, 0.717) is 6.42 Å². The number of rotatable bonds is 5. The van der Waals surface area contributed by atoms with Gasteiger partial charge < -0.3 is 18.7 Å². The highest BCUT2D eigenvalue weighted by Gasteiger charge is 2.36. The second-order valence-corrected chi connectivity index (χ2v) is 6.87. The summed E-state index contributed by atoms with van der Waals surface area (Å²) < 4.78 is 16.1. The molecule has 4 nitrogen and oxygen atoms in total. The van der Waals surface area contributed by atoms with E-state index in [4.69, 9.17) is 33.4 Å². The lowest BCUT2D eigenvalue weighted by molar-refractivity contribution is 0.0288. The number of ether oxygens (including phenoxy) is 1. The third-order valence-electron chi connectivity index (χ3n) is 2.24. The Bertz CT molecular complexity index is 276. The summed E-state index contributed by atoms with van der Waals surface area (Å²) in [6, 6.07) is -0.344. The summed E-state index contributed by atoms with van der Waals surface area (Å²) >= 11 is 4.92. The molecule has 7 heteroatoms. The van der Waals surface area contributed by atoms with E-state index >= 15 is 0 Å². The van der Waals surface area contributed by atoms with E-state index in [1.54, 1.807) is 13.8 Å². The molecular formula is C9H18BO4PS. The zero-order valence-corrected chi connectivity index (χ0v) is 11.5. The summed E-state index contributed by atoms with van der Waals surface area (Å²) in [5.41, 5.74) is 0. The molecule has 0 saturated carbocycles. The highest BCUT2D eigenvalue weighted by Crippen LogP contribution is 2.48. The molecule has 2 radical (unpaired) electrons. The molecule has 1 heterocycles. The van der Waals surface area contributed by atoms with Gasteiger partial charge in [-0.1, -0.05) is 6.92 Å². The molecule has 0 aliphatic carbocycles. The van der Waals surface area contributed by atoms with Crippen molar-refractivity contribution in [1.29, 1.82) is 0 Å². The molecule has 0 spiro atoms. The molecule has 0 aromatic heterocycles. The van der Waals surface area contributed by atoms with Crippen molar-refractivity contribution in [2.75, 3.05) is 0 Å². The van der Waals surface area contributed by atoms with Crippen molar-refractivity contribution >= 4 is 26.4 Å². The first-order valence-corrected chi connectivity index (χ1v) is 8.03. The van der Waals surface area contributed by atoms with Gasteiger partial charge >= 0.3 is 6.72 Å².